The minimum atomic E-state index is -3.86. The zero-order valence-electron chi connectivity index (χ0n) is 22.7. The number of nitrogen functional groups attached to an aromatic ring is 1. The lowest BCUT2D eigenvalue weighted by Gasteiger charge is -2.29. The summed E-state index contributed by atoms with van der Waals surface area (Å²) in [5.74, 6) is -0.466. The third kappa shape index (κ3) is 5.03. The summed E-state index contributed by atoms with van der Waals surface area (Å²) in [6.45, 7) is 4.71. The maximum absolute atomic E-state index is 13.6. The standard InChI is InChI=1S/C26H34N8O5S/c1-16-14-39-15-21(16)25(36)33-26(31(3)13-18-6-8-19(9-7-18)23(27)28)29-24(30-33)20-12-22(35)34(17(20)2)40(37,38)32-10-4-5-11-32/h6-9,14-15,17,20,22,35H,4-5,10-13H2,1-3H3,(H3,27,28). The second-order valence-electron chi connectivity index (χ2n) is 10.4. The third-order valence-electron chi connectivity index (χ3n) is 7.64. The molecular formula is C26H34N8O5S. The summed E-state index contributed by atoms with van der Waals surface area (Å²) < 4.78 is 35.6. The average molecular weight is 571 g/mol. The van der Waals surface area contributed by atoms with Crippen LogP contribution in [-0.2, 0) is 16.8 Å². The minimum absolute atomic E-state index is 0.0287. The molecule has 2 fully saturated rings. The highest BCUT2D eigenvalue weighted by molar-refractivity contribution is 7.86. The lowest BCUT2D eigenvalue weighted by molar-refractivity contribution is 0.0781. The van der Waals surface area contributed by atoms with Crippen LogP contribution in [0.1, 0.15) is 65.0 Å². The van der Waals surface area contributed by atoms with Crippen LogP contribution < -0.4 is 10.6 Å². The van der Waals surface area contributed by atoms with Gasteiger partial charge in [0, 0.05) is 49.8 Å². The second-order valence-corrected chi connectivity index (χ2v) is 12.3. The number of hydrogen-bond donors (Lipinski definition) is 3. The van der Waals surface area contributed by atoms with Gasteiger partial charge in [-0.1, -0.05) is 24.3 Å². The van der Waals surface area contributed by atoms with E-state index in [9.17, 15) is 18.3 Å². The van der Waals surface area contributed by atoms with Crippen LogP contribution in [0.3, 0.4) is 0 Å². The highest BCUT2D eigenvalue weighted by Crippen LogP contribution is 2.39. The molecule has 14 heteroatoms. The molecule has 0 bridgehead atoms. The number of aromatic nitrogens is 3. The van der Waals surface area contributed by atoms with E-state index in [2.05, 4.69) is 5.10 Å². The maximum Gasteiger partial charge on any atom is 0.284 e. The molecule has 2 saturated heterocycles. The Bertz CT molecular complexity index is 1510. The van der Waals surface area contributed by atoms with Crippen LogP contribution in [0, 0.1) is 12.3 Å². The van der Waals surface area contributed by atoms with E-state index in [-0.39, 0.29) is 24.0 Å². The molecule has 3 unspecified atom stereocenters. The largest absolute Gasteiger partial charge is 0.471 e. The summed E-state index contributed by atoms with van der Waals surface area (Å²) in [5, 5.41) is 23.0. The zero-order chi connectivity index (χ0) is 28.8. The predicted octanol–water partition coefficient (Wildman–Crippen LogP) is 1.63. The number of carbonyl (C=O) groups excluding carboxylic acids is 1. The molecule has 3 aromatic rings. The van der Waals surface area contributed by atoms with Gasteiger partial charge in [0.15, 0.2) is 5.82 Å². The molecule has 0 amide bonds. The summed E-state index contributed by atoms with van der Waals surface area (Å²) in [4.78, 5) is 20.1. The van der Waals surface area contributed by atoms with Crippen LogP contribution in [0.25, 0.3) is 0 Å². The maximum atomic E-state index is 13.6. The van der Waals surface area contributed by atoms with E-state index < -0.39 is 34.3 Å². The molecule has 2 aliphatic heterocycles. The molecular weight excluding hydrogens is 536 g/mol. The predicted molar refractivity (Wildman–Crippen MR) is 147 cm³/mol. The van der Waals surface area contributed by atoms with Crippen LogP contribution >= 0.6 is 0 Å². The summed E-state index contributed by atoms with van der Waals surface area (Å²) >= 11 is 0. The number of aryl methyl sites for hydroxylation is 1. The van der Waals surface area contributed by atoms with E-state index in [0.717, 1.165) is 22.7 Å². The van der Waals surface area contributed by atoms with Gasteiger partial charge in [0.2, 0.25) is 5.95 Å². The number of hydrogen-bond acceptors (Lipinski definition) is 9. The fourth-order valence-corrected chi connectivity index (χ4v) is 7.35. The van der Waals surface area contributed by atoms with E-state index in [1.807, 2.05) is 12.1 Å². The van der Waals surface area contributed by atoms with E-state index >= 15 is 0 Å². The Morgan fingerprint density at radius 1 is 1.23 bits per heavy atom. The summed E-state index contributed by atoms with van der Waals surface area (Å²) in [6.07, 6.45) is 3.28. The molecule has 40 heavy (non-hydrogen) atoms. The Hall–Kier alpha value is -3.59. The van der Waals surface area contributed by atoms with Gasteiger partial charge in [-0.25, -0.2) is 0 Å². The number of aliphatic hydroxyl groups excluding tert-OH is 1. The van der Waals surface area contributed by atoms with Crippen molar-refractivity contribution in [2.45, 2.75) is 57.8 Å². The van der Waals surface area contributed by atoms with Crippen LogP contribution in [0.15, 0.2) is 41.2 Å². The quantitative estimate of drug-likeness (QED) is 0.268. The number of furan rings is 1. The molecule has 4 heterocycles. The number of anilines is 1. The molecule has 13 nitrogen and oxygen atoms in total. The van der Waals surface area contributed by atoms with Gasteiger partial charge in [-0.05, 0) is 38.7 Å². The van der Waals surface area contributed by atoms with E-state index in [1.165, 1.54) is 21.5 Å². The highest BCUT2D eigenvalue weighted by Gasteiger charge is 2.49. The number of benzene rings is 1. The SMILES string of the molecule is Cc1cocc1C(=O)n1nc(C2CC(O)N(S(=O)(=O)N3CCCC3)C2C)nc1N(C)Cc1ccc(C(=N)N)cc1. The number of nitrogens with zero attached hydrogens (tertiary/aromatic N) is 6. The molecule has 1 aromatic carbocycles. The number of carbonyl (C=O) groups is 1. The lowest BCUT2D eigenvalue weighted by Crippen LogP contribution is -2.48. The van der Waals surface area contributed by atoms with Gasteiger partial charge < -0.3 is 20.2 Å². The van der Waals surface area contributed by atoms with Crippen molar-refractivity contribution in [2.24, 2.45) is 5.73 Å². The topological polar surface area (TPSA) is 175 Å². The first-order valence-electron chi connectivity index (χ1n) is 13.1. The van der Waals surface area contributed by atoms with Crippen LogP contribution in [0.5, 0.6) is 0 Å². The van der Waals surface area contributed by atoms with Crippen molar-refractivity contribution in [1.29, 1.82) is 5.41 Å². The van der Waals surface area contributed by atoms with Crippen LogP contribution in [0.4, 0.5) is 5.95 Å². The Balaban J connectivity index is 1.48. The Labute approximate surface area is 232 Å². The van der Waals surface area contributed by atoms with Crippen molar-refractivity contribution in [3.8, 4) is 0 Å². The summed E-state index contributed by atoms with van der Waals surface area (Å²) in [5.41, 5.74) is 8.03. The Morgan fingerprint density at radius 3 is 2.50 bits per heavy atom. The monoisotopic (exact) mass is 570 g/mol. The molecule has 214 valence electrons. The first kappa shape index (κ1) is 28.0. The van der Waals surface area contributed by atoms with Crippen molar-refractivity contribution in [1.82, 2.24) is 23.4 Å². The molecule has 0 radical (unpaired) electrons. The number of aliphatic hydroxyl groups is 1. The van der Waals surface area contributed by atoms with Gasteiger partial charge in [-0.3, -0.25) is 10.2 Å². The van der Waals surface area contributed by atoms with Gasteiger partial charge in [-0.15, -0.1) is 5.10 Å². The lowest BCUT2D eigenvalue weighted by atomic mass is 10.0. The highest BCUT2D eigenvalue weighted by atomic mass is 32.2. The molecule has 2 aromatic heterocycles. The van der Waals surface area contributed by atoms with Gasteiger partial charge in [0.25, 0.3) is 16.1 Å². The van der Waals surface area contributed by atoms with Crippen molar-refractivity contribution >= 4 is 27.9 Å². The van der Waals surface area contributed by atoms with E-state index in [0.29, 0.717) is 36.3 Å². The fourth-order valence-electron chi connectivity index (χ4n) is 5.40. The number of amidine groups is 1. The smallest absolute Gasteiger partial charge is 0.284 e. The van der Waals surface area contributed by atoms with Gasteiger partial charge >= 0.3 is 0 Å². The minimum Gasteiger partial charge on any atom is -0.471 e. The number of rotatable bonds is 8. The number of nitrogens with one attached hydrogen (secondary N) is 1. The zero-order valence-corrected chi connectivity index (χ0v) is 23.5. The van der Waals surface area contributed by atoms with Crippen LogP contribution in [-0.4, -0.2) is 81.0 Å². The fraction of sp³-hybridized carbons (Fsp3) is 0.462. The molecule has 2 aliphatic rings. The number of nitrogens with two attached hydrogens (primary N) is 1. The summed E-state index contributed by atoms with van der Waals surface area (Å²) in [6, 6.07) is 6.55. The average Bonchev–Trinajstić information content (AvgIpc) is 3.71. The molecule has 4 N–H and O–H groups in total. The molecule has 5 rings (SSSR count). The first-order chi connectivity index (χ1) is 19.0. The Kier molecular flexibility index (Phi) is 7.52. The molecule has 0 saturated carbocycles. The van der Waals surface area contributed by atoms with Crippen molar-refractivity contribution in [3.63, 3.8) is 0 Å². The van der Waals surface area contributed by atoms with E-state index in [1.54, 1.807) is 37.9 Å². The van der Waals surface area contributed by atoms with Crippen molar-refractivity contribution in [2.75, 3.05) is 25.0 Å². The normalized spacial score (nSPS) is 22.1. The van der Waals surface area contributed by atoms with Crippen LogP contribution in [0.2, 0.25) is 0 Å². The third-order valence-corrected chi connectivity index (χ3v) is 9.77. The second kappa shape index (κ2) is 10.8. The van der Waals surface area contributed by atoms with Crippen molar-refractivity contribution < 1.29 is 22.7 Å². The van der Waals surface area contributed by atoms with Gasteiger partial charge in [0.1, 0.15) is 18.3 Å². The molecule has 0 aliphatic carbocycles. The van der Waals surface area contributed by atoms with E-state index in [4.69, 9.17) is 20.5 Å². The van der Waals surface area contributed by atoms with Gasteiger partial charge in [-0.2, -0.15) is 26.7 Å². The Morgan fingerprint density at radius 2 is 1.90 bits per heavy atom. The molecule has 3 atom stereocenters. The first-order valence-corrected chi connectivity index (χ1v) is 14.5. The summed E-state index contributed by atoms with van der Waals surface area (Å²) in [7, 11) is -2.09. The molecule has 0 spiro atoms. The van der Waals surface area contributed by atoms with Gasteiger partial charge in [0.05, 0.1) is 11.8 Å². The van der Waals surface area contributed by atoms with Crippen molar-refractivity contribution in [3.05, 3.63) is 64.9 Å².